The van der Waals surface area contributed by atoms with Crippen LogP contribution in [0.3, 0.4) is 0 Å². The Morgan fingerprint density at radius 3 is 2.69 bits per heavy atom. The van der Waals surface area contributed by atoms with E-state index in [1.54, 1.807) is 0 Å². The van der Waals surface area contributed by atoms with Crippen molar-refractivity contribution < 1.29 is 9.59 Å². The summed E-state index contributed by atoms with van der Waals surface area (Å²) in [5.41, 5.74) is 5.70. The van der Waals surface area contributed by atoms with Gasteiger partial charge in [-0.25, -0.2) is 4.98 Å². The highest BCUT2D eigenvalue weighted by atomic mass is 32.1. The summed E-state index contributed by atoms with van der Waals surface area (Å²) in [5, 5.41) is 5.39. The highest BCUT2D eigenvalue weighted by Crippen LogP contribution is 2.36. The van der Waals surface area contributed by atoms with Crippen LogP contribution in [0.5, 0.6) is 0 Å². The smallest absolute Gasteiger partial charge is 0.257 e. The summed E-state index contributed by atoms with van der Waals surface area (Å²) in [4.78, 5) is 31.1. The quantitative estimate of drug-likeness (QED) is 0.660. The van der Waals surface area contributed by atoms with E-state index in [4.69, 9.17) is 0 Å². The molecule has 5 nitrogen and oxygen atoms in total. The fourth-order valence-corrected chi connectivity index (χ4v) is 4.39. The zero-order valence-electron chi connectivity index (χ0n) is 16.7. The van der Waals surface area contributed by atoms with Crippen LogP contribution in [0, 0.1) is 6.92 Å². The van der Waals surface area contributed by atoms with Crippen molar-refractivity contribution in [1.82, 2.24) is 4.98 Å². The van der Waals surface area contributed by atoms with Crippen LogP contribution in [-0.2, 0) is 11.2 Å². The second kappa shape index (κ2) is 7.79. The summed E-state index contributed by atoms with van der Waals surface area (Å²) < 4.78 is 0. The molecule has 1 aromatic heterocycles. The zero-order valence-corrected chi connectivity index (χ0v) is 17.5. The molecule has 0 saturated carbocycles. The van der Waals surface area contributed by atoms with Crippen LogP contribution in [0.2, 0.25) is 0 Å². The Labute approximate surface area is 174 Å². The molecular weight excluding hydrogens is 382 g/mol. The number of benzene rings is 2. The number of thiazole rings is 1. The Hall–Kier alpha value is -2.99. The maximum atomic E-state index is 12.4. The molecule has 1 N–H and O–H groups in total. The van der Waals surface area contributed by atoms with Gasteiger partial charge < -0.3 is 4.90 Å². The minimum absolute atomic E-state index is 0.152. The molecule has 4 rings (SSSR count). The van der Waals surface area contributed by atoms with Crippen LogP contribution < -0.4 is 10.2 Å². The van der Waals surface area contributed by atoms with Crippen molar-refractivity contribution in [2.24, 2.45) is 0 Å². The molecule has 0 radical (unpaired) electrons. The normalized spacial score (nSPS) is 15.3. The number of rotatable bonds is 4. The number of nitrogens with one attached hydrogen (secondary N) is 1. The lowest BCUT2D eigenvalue weighted by Gasteiger charge is -2.22. The number of anilines is 2. The molecule has 0 bridgehead atoms. The number of nitrogens with zero attached hydrogens (tertiary/aromatic N) is 2. The third-order valence-electron chi connectivity index (χ3n) is 5.20. The van der Waals surface area contributed by atoms with Gasteiger partial charge in [-0.3, -0.25) is 14.9 Å². The topological polar surface area (TPSA) is 62.3 Å². The number of fused-ring (bicyclic) bond motifs is 1. The Bertz CT molecular complexity index is 1070. The third kappa shape index (κ3) is 3.80. The van der Waals surface area contributed by atoms with Gasteiger partial charge in [-0.05, 0) is 50.1 Å². The molecule has 0 spiro atoms. The average Bonchev–Trinajstić information content (AvgIpc) is 3.30. The Kier molecular flexibility index (Phi) is 5.20. The van der Waals surface area contributed by atoms with Gasteiger partial charge >= 0.3 is 0 Å². The molecule has 1 aliphatic rings. The number of hydrogen-bond donors (Lipinski definition) is 1. The van der Waals surface area contributed by atoms with Crippen molar-refractivity contribution in [2.45, 2.75) is 39.7 Å². The molecule has 0 fully saturated rings. The molecule has 2 amide bonds. The lowest BCUT2D eigenvalue weighted by atomic mass is 10.1. The number of carbonyl (C=O) groups is 2. The van der Waals surface area contributed by atoms with Crippen LogP contribution in [-0.4, -0.2) is 22.8 Å². The Morgan fingerprint density at radius 2 is 1.97 bits per heavy atom. The van der Waals surface area contributed by atoms with Gasteiger partial charge in [0.05, 0.1) is 5.69 Å². The van der Waals surface area contributed by atoms with Gasteiger partial charge in [0.2, 0.25) is 5.91 Å². The number of amides is 2. The fraction of sp³-hybridized carbons (Fsp3) is 0.261. The monoisotopic (exact) mass is 405 g/mol. The van der Waals surface area contributed by atoms with Gasteiger partial charge in [0.25, 0.3) is 5.91 Å². The number of aromatic nitrogens is 1. The van der Waals surface area contributed by atoms with Crippen LogP contribution in [0.1, 0.15) is 41.8 Å². The van der Waals surface area contributed by atoms with E-state index >= 15 is 0 Å². The van der Waals surface area contributed by atoms with Gasteiger partial charge in [0.15, 0.2) is 5.13 Å². The first-order valence-electron chi connectivity index (χ1n) is 9.75. The fourth-order valence-electron chi connectivity index (χ4n) is 3.68. The van der Waals surface area contributed by atoms with E-state index in [1.165, 1.54) is 11.3 Å². The van der Waals surface area contributed by atoms with E-state index < -0.39 is 0 Å². The first kappa shape index (κ1) is 19.3. The minimum Gasteiger partial charge on any atom is -0.309 e. The minimum atomic E-state index is -0.164. The molecule has 1 aliphatic heterocycles. The third-order valence-corrected chi connectivity index (χ3v) is 5.96. The first-order chi connectivity index (χ1) is 14.0. The van der Waals surface area contributed by atoms with Crippen molar-refractivity contribution in [3.63, 3.8) is 0 Å². The number of hydrogen-bond acceptors (Lipinski definition) is 4. The standard InChI is InChI=1S/C23H23N3O2S/c1-4-21(27)26-15(3)11-18-12-17(9-10-20(18)26)19-13-29-23(24-19)25-22(28)16-7-5-14(2)6-8-16/h5-10,12-13,15H,4,11H2,1-3H3,(H,24,25,28)/t15-/m0/s1. The molecule has 0 aliphatic carbocycles. The van der Waals surface area contributed by atoms with Crippen LogP contribution in [0.25, 0.3) is 11.3 Å². The van der Waals surface area contributed by atoms with Crippen molar-refractivity contribution in [3.05, 3.63) is 64.5 Å². The summed E-state index contributed by atoms with van der Waals surface area (Å²) in [6.45, 7) is 5.96. The average molecular weight is 406 g/mol. The van der Waals surface area contributed by atoms with E-state index in [0.29, 0.717) is 17.1 Å². The van der Waals surface area contributed by atoms with E-state index in [0.717, 1.165) is 34.5 Å². The number of aryl methyl sites for hydroxylation is 1. The van der Waals surface area contributed by atoms with E-state index in [-0.39, 0.29) is 17.9 Å². The van der Waals surface area contributed by atoms with Crippen molar-refractivity contribution >= 4 is 34.0 Å². The molecule has 1 atom stereocenters. The molecule has 3 aromatic rings. The summed E-state index contributed by atoms with van der Waals surface area (Å²) in [7, 11) is 0. The van der Waals surface area contributed by atoms with Gasteiger partial charge in [-0.1, -0.05) is 30.7 Å². The predicted molar refractivity (Wildman–Crippen MR) is 118 cm³/mol. The predicted octanol–water partition coefficient (Wildman–Crippen LogP) is 5.06. The highest BCUT2D eigenvalue weighted by molar-refractivity contribution is 7.14. The lowest BCUT2D eigenvalue weighted by Crippen LogP contribution is -2.35. The second-order valence-corrected chi connectivity index (χ2v) is 8.23. The molecule has 2 heterocycles. The summed E-state index contributed by atoms with van der Waals surface area (Å²) >= 11 is 1.41. The molecule has 6 heteroatoms. The van der Waals surface area contributed by atoms with E-state index in [1.807, 2.05) is 60.5 Å². The first-order valence-corrected chi connectivity index (χ1v) is 10.6. The summed E-state index contributed by atoms with van der Waals surface area (Å²) in [6, 6.07) is 13.7. The van der Waals surface area contributed by atoms with Crippen LogP contribution in [0.4, 0.5) is 10.8 Å². The largest absolute Gasteiger partial charge is 0.309 e. The molecule has 2 aromatic carbocycles. The van der Waals surface area contributed by atoms with Crippen molar-refractivity contribution in [2.75, 3.05) is 10.2 Å². The van der Waals surface area contributed by atoms with Gasteiger partial charge in [-0.15, -0.1) is 11.3 Å². The van der Waals surface area contributed by atoms with Gasteiger partial charge in [0.1, 0.15) is 0 Å². The maximum Gasteiger partial charge on any atom is 0.257 e. The lowest BCUT2D eigenvalue weighted by molar-refractivity contribution is -0.118. The SMILES string of the molecule is CCC(=O)N1c2ccc(-c3csc(NC(=O)c4ccc(C)cc4)n3)cc2C[C@@H]1C. The van der Waals surface area contributed by atoms with Crippen molar-refractivity contribution in [3.8, 4) is 11.3 Å². The maximum absolute atomic E-state index is 12.4. The molecular formula is C23H23N3O2S. The van der Waals surface area contributed by atoms with Gasteiger partial charge in [-0.2, -0.15) is 0 Å². The Morgan fingerprint density at radius 1 is 1.21 bits per heavy atom. The van der Waals surface area contributed by atoms with E-state index in [9.17, 15) is 9.59 Å². The van der Waals surface area contributed by atoms with Crippen LogP contribution in [0.15, 0.2) is 47.8 Å². The Balaban J connectivity index is 1.53. The summed E-state index contributed by atoms with van der Waals surface area (Å²) in [5.74, 6) is -0.0128. The van der Waals surface area contributed by atoms with Gasteiger partial charge in [0, 0.05) is 34.7 Å². The molecule has 148 valence electrons. The summed E-state index contributed by atoms with van der Waals surface area (Å²) in [6.07, 6.45) is 1.34. The van der Waals surface area contributed by atoms with Crippen LogP contribution >= 0.6 is 11.3 Å². The molecule has 0 unspecified atom stereocenters. The highest BCUT2D eigenvalue weighted by Gasteiger charge is 2.30. The molecule has 29 heavy (non-hydrogen) atoms. The number of carbonyl (C=O) groups excluding carboxylic acids is 2. The second-order valence-electron chi connectivity index (χ2n) is 7.37. The van der Waals surface area contributed by atoms with Crippen molar-refractivity contribution in [1.29, 1.82) is 0 Å². The van der Waals surface area contributed by atoms with E-state index in [2.05, 4.69) is 23.3 Å². The molecule has 0 saturated heterocycles. The zero-order chi connectivity index (χ0) is 20.5.